The van der Waals surface area contributed by atoms with Gasteiger partial charge in [0, 0.05) is 26.6 Å². The molecule has 2 heterocycles. The standard InChI is InChI=1S/C21H27N5O6/c1-20(22,19(31)32)17(29)23-14(11-27)16(28)26-9-8-15-21(12-26,18(30)25(2)24-15)10-13-6-4-3-5-7-13/h3-7,14,27H,8-12,22H2,1-2H3,(H,23,29)(H,31,32). The molecule has 0 radical (unpaired) electrons. The zero-order valence-electron chi connectivity index (χ0n) is 17.9. The molecule has 0 saturated carbocycles. The number of nitrogens with two attached hydrogens (primary N) is 1. The summed E-state index contributed by atoms with van der Waals surface area (Å²) in [6.45, 7) is 0.501. The second-order valence-corrected chi connectivity index (χ2v) is 8.35. The number of benzene rings is 1. The van der Waals surface area contributed by atoms with Crippen LogP contribution in [0, 0.1) is 5.41 Å². The smallest absolute Gasteiger partial charge is 0.333 e. The van der Waals surface area contributed by atoms with E-state index in [9.17, 15) is 24.3 Å². The predicted molar refractivity (Wildman–Crippen MR) is 113 cm³/mol. The first-order chi connectivity index (χ1) is 15.0. The topological polar surface area (TPSA) is 166 Å². The van der Waals surface area contributed by atoms with Gasteiger partial charge in [-0.3, -0.25) is 14.4 Å². The van der Waals surface area contributed by atoms with Gasteiger partial charge in [-0.15, -0.1) is 0 Å². The number of amides is 3. The fourth-order valence-electron chi connectivity index (χ4n) is 4.03. The van der Waals surface area contributed by atoms with E-state index in [1.165, 1.54) is 9.91 Å². The van der Waals surface area contributed by atoms with Crippen molar-refractivity contribution in [3.05, 3.63) is 35.9 Å². The minimum atomic E-state index is -2.27. The number of carbonyl (C=O) groups is 4. The molecular weight excluding hydrogens is 418 g/mol. The third kappa shape index (κ3) is 4.08. The van der Waals surface area contributed by atoms with Crippen molar-refractivity contribution in [2.24, 2.45) is 16.3 Å². The molecule has 1 aromatic carbocycles. The number of likely N-dealkylation sites (tertiary alicyclic amines) is 1. The van der Waals surface area contributed by atoms with Crippen LogP contribution in [0.1, 0.15) is 18.9 Å². The number of nitrogens with zero attached hydrogens (tertiary/aromatic N) is 3. The molecule has 1 saturated heterocycles. The Kier molecular flexibility index (Phi) is 6.33. The molecule has 32 heavy (non-hydrogen) atoms. The van der Waals surface area contributed by atoms with Gasteiger partial charge in [0.05, 0.1) is 12.3 Å². The number of hydrogen-bond acceptors (Lipinski definition) is 7. The molecule has 3 atom stereocenters. The maximum Gasteiger partial charge on any atom is 0.333 e. The Balaban J connectivity index is 1.83. The van der Waals surface area contributed by atoms with Crippen molar-refractivity contribution in [1.29, 1.82) is 0 Å². The number of aliphatic hydroxyl groups excluding tert-OH is 1. The highest BCUT2D eigenvalue weighted by Crippen LogP contribution is 2.38. The summed E-state index contributed by atoms with van der Waals surface area (Å²) < 4.78 is 0. The number of hydrazone groups is 1. The van der Waals surface area contributed by atoms with Gasteiger partial charge in [-0.25, -0.2) is 9.80 Å². The van der Waals surface area contributed by atoms with E-state index in [1.807, 2.05) is 30.3 Å². The van der Waals surface area contributed by atoms with E-state index in [-0.39, 0.29) is 19.0 Å². The van der Waals surface area contributed by atoms with Gasteiger partial charge in [-0.05, 0) is 18.9 Å². The maximum atomic E-state index is 13.1. The van der Waals surface area contributed by atoms with Crippen molar-refractivity contribution in [2.45, 2.75) is 31.3 Å². The van der Waals surface area contributed by atoms with Crippen LogP contribution >= 0.6 is 0 Å². The molecule has 3 rings (SSSR count). The zero-order chi connectivity index (χ0) is 23.7. The Morgan fingerprint density at radius 3 is 2.56 bits per heavy atom. The first kappa shape index (κ1) is 23.4. The summed E-state index contributed by atoms with van der Waals surface area (Å²) in [6, 6.07) is 7.98. The van der Waals surface area contributed by atoms with Crippen molar-refractivity contribution >= 4 is 29.4 Å². The molecule has 11 heteroatoms. The summed E-state index contributed by atoms with van der Waals surface area (Å²) in [6.07, 6.45) is 0.695. The first-order valence-corrected chi connectivity index (χ1v) is 10.2. The van der Waals surface area contributed by atoms with Crippen LogP contribution in [0.15, 0.2) is 35.4 Å². The highest BCUT2D eigenvalue weighted by molar-refractivity contribution is 6.14. The van der Waals surface area contributed by atoms with Crippen LogP contribution in [-0.4, -0.2) is 87.8 Å². The van der Waals surface area contributed by atoms with E-state index >= 15 is 0 Å². The number of fused-ring (bicyclic) bond motifs is 1. The zero-order valence-corrected chi connectivity index (χ0v) is 17.9. The van der Waals surface area contributed by atoms with Gasteiger partial charge in [0.2, 0.25) is 5.91 Å². The van der Waals surface area contributed by atoms with Crippen LogP contribution in [0.2, 0.25) is 0 Å². The second kappa shape index (κ2) is 8.67. The van der Waals surface area contributed by atoms with Gasteiger partial charge in [0.1, 0.15) is 11.5 Å². The summed E-state index contributed by atoms with van der Waals surface area (Å²) in [5, 5.41) is 26.7. The fourth-order valence-corrected chi connectivity index (χ4v) is 4.03. The van der Waals surface area contributed by atoms with Crippen molar-refractivity contribution < 1.29 is 29.4 Å². The SMILES string of the molecule is CN1N=C2CCN(C(=O)C(CO)NC(=O)C(C)(N)C(=O)O)CC2(Cc2ccccc2)C1=O. The average Bonchev–Trinajstić information content (AvgIpc) is 3.01. The van der Waals surface area contributed by atoms with Crippen molar-refractivity contribution in [3.8, 4) is 0 Å². The number of piperidine rings is 1. The Labute approximate surface area is 184 Å². The van der Waals surface area contributed by atoms with Gasteiger partial charge >= 0.3 is 5.97 Å². The van der Waals surface area contributed by atoms with Crippen LogP contribution in [0.5, 0.6) is 0 Å². The van der Waals surface area contributed by atoms with Gasteiger partial charge in [0.25, 0.3) is 11.8 Å². The largest absolute Gasteiger partial charge is 0.479 e. The van der Waals surface area contributed by atoms with Gasteiger partial charge in [-0.2, -0.15) is 5.10 Å². The summed E-state index contributed by atoms with van der Waals surface area (Å²) in [7, 11) is 1.57. The third-order valence-electron chi connectivity index (χ3n) is 5.97. The van der Waals surface area contributed by atoms with E-state index in [1.54, 1.807) is 7.05 Å². The Morgan fingerprint density at radius 2 is 1.97 bits per heavy atom. The monoisotopic (exact) mass is 445 g/mol. The van der Waals surface area contributed by atoms with Crippen LogP contribution < -0.4 is 11.1 Å². The number of aliphatic hydroxyl groups is 1. The van der Waals surface area contributed by atoms with Crippen LogP contribution in [0.3, 0.4) is 0 Å². The van der Waals surface area contributed by atoms with E-state index in [0.717, 1.165) is 12.5 Å². The molecule has 0 bridgehead atoms. The lowest BCUT2D eigenvalue weighted by Gasteiger charge is -2.40. The number of aliphatic carboxylic acids is 1. The molecule has 172 valence electrons. The Morgan fingerprint density at radius 1 is 1.31 bits per heavy atom. The van der Waals surface area contributed by atoms with Crippen molar-refractivity contribution in [1.82, 2.24) is 15.2 Å². The van der Waals surface area contributed by atoms with Crippen LogP contribution in [-0.2, 0) is 25.6 Å². The fraction of sp³-hybridized carbons (Fsp3) is 0.476. The molecule has 0 aromatic heterocycles. The maximum absolute atomic E-state index is 13.1. The molecule has 1 fully saturated rings. The number of carbonyl (C=O) groups excluding carboxylic acids is 3. The van der Waals surface area contributed by atoms with Crippen molar-refractivity contribution in [3.63, 3.8) is 0 Å². The minimum Gasteiger partial charge on any atom is -0.479 e. The summed E-state index contributed by atoms with van der Waals surface area (Å²) in [4.78, 5) is 51.1. The number of nitrogens with one attached hydrogen (secondary N) is 1. The lowest BCUT2D eigenvalue weighted by Crippen LogP contribution is -2.63. The molecule has 3 unspecified atom stereocenters. The van der Waals surface area contributed by atoms with E-state index in [4.69, 9.17) is 10.8 Å². The highest BCUT2D eigenvalue weighted by atomic mass is 16.4. The molecule has 0 aliphatic carbocycles. The molecule has 5 N–H and O–H groups in total. The molecule has 2 aliphatic rings. The van der Waals surface area contributed by atoms with Gasteiger partial charge in [0.15, 0.2) is 5.54 Å². The third-order valence-corrected chi connectivity index (χ3v) is 5.97. The lowest BCUT2D eigenvalue weighted by molar-refractivity contribution is -0.150. The lowest BCUT2D eigenvalue weighted by atomic mass is 9.73. The van der Waals surface area contributed by atoms with E-state index < -0.39 is 41.4 Å². The van der Waals surface area contributed by atoms with Gasteiger partial charge < -0.3 is 26.2 Å². The quantitative estimate of drug-likeness (QED) is 0.373. The van der Waals surface area contributed by atoms with Gasteiger partial charge in [-0.1, -0.05) is 30.3 Å². The van der Waals surface area contributed by atoms with E-state index in [2.05, 4.69) is 10.4 Å². The number of carboxylic acids is 1. The second-order valence-electron chi connectivity index (χ2n) is 8.35. The molecule has 11 nitrogen and oxygen atoms in total. The predicted octanol–water partition coefficient (Wildman–Crippen LogP) is -1.45. The summed E-state index contributed by atoms with van der Waals surface area (Å²) >= 11 is 0. The number of carboxylic acid groups (broad SMARTS) is 1. The normalized spacial score (nSPS) is 23.1. The molecule has 3 amide bonds. The Hall–Kier alpha value is -3.31. The molecule has 2 aliphatic heterocycles. The molecule has 0 spiro atoms. The van der Waals surface area contributed by atoms with Crippen LogP contribution in [0.4, 0.5) is 0 Å². The molecular formula is C21H27N5O6. The average molecular weight is 445 g/mol. The number of hydrogen-bond donors (Lipinski definition) is 4. The Bertz CT molecular complexity index is 963. The number of rotatable bonds is 7. The van der Waals surface area contributed by atoms with Crippen molar-refractivity contribution in [2.75, 3.05) is 26.7 Å². The minimum absolute atomic E-state index is 0.0218. The highest BCUT2D eigenvalue weighted by Gasteiger charge is 2.54. The molecule has 1 aromatic rings. The van der Waals surface area contributed by atoms with E-state index in [0.29, 0.717) is 18.6 Å². The summed E-state index contributed by atoms with van der Waals surface area (Å²) in [5.74, 6) is -3.54. The summed E-state index contributed by atoms with van der Waals surface area (Å²) in [5.41, 5.74) is 3.79. The van der Waals surface area contributed by atoms with Crippen LogP contribution in [0.25, 0.3) is 0 Å². The first-order valence-electron chi connectivity index (χ1n) is 10.2.